The zero-order chi connectivity index (χ0) is 25.2. The third kappa shape index (κ3) is 4.93. The minimum absolute atomic E-state index is 0.0977. The number of carbonyl (C=O) groups is 1. The van der Waals surface area contributed by atoms with Crippen LogP contribution in [0.25, 0.3) is 10.9 Å². The van der Waals surface area contributed by atoms with Crippen LogP contribution in [0.4, 0.5) is 0 Å². The van der Waals surface area contributed by atoms with E-state index in [0.29, 0.717) is 47.2 Å². The maximum atomic E-state index is 13.8. The van der Waals surface area contributed by atoms with Crippen molar-refractivity contribution in [2.75, 3.05) is 0 Å². The summed E-state index contributed by atoms with van der Waals surface area (Å²) in [5.74, 6) is 1.28. The normalized spacial score (nSPS) is 18.2. The molecule has 36 heavy (non-hydrogen) atoms. The van der Waals surface area contributed by atoms with Crippen LogP contribution in [-0.2, 0) is 17.9 Å². The van der Waals surface area contributed by atoms with Crippen LogP contribution >= 0.6 is 11.6 Å². The van der Waals surface area contributed by atoms with Crippen LogP contribution in [0.5, 0.6) is 0 Å². The number of likely N-dealkylation sites (tertiary alicyclic amines) is 1. The fourth-order valence-corrected chi connectivity index (χ4v) is 5.29. The quantitative estimate of drug-likeness (QED) is 0.316. The number of fused-ring (bicyclic) bond motifs is 1. The van der Waals surface area contributed by atoms with Gasteiger partial charge in [-0.3, -0.25) is 14.2 Å². The Morgan fingerprint density at radius 3 is 2.19 bits per heavy atom. The Labute approximate surface area is 216 Å². The number of aromatic nitrogens is 2. The van der Waals surface area contributed by atoms with E-state index in [1.54, 1.807) is 22.8 Å². The first-order chi connectivity index (χ1) is 17.4. The van der Waals surface area contributed by atoms with E-state index in [-0.39, 0.29) is 23.4 Å². The van der Waals surface area contributed by atoms with E-state index in [1.807, 2.05) is 65.6 Å². The smallest absolute Gasteiger partial charge is 0.261 e. The second kappa shape index (κ2) is 10.3. The van der Waals surface area contributed by atoms with Gasteiger partial charge in [-0.25, -0.2) is 4.98 Å². The molecule has 5 rings (SSSR count). The molecule has 1 saturated heterocycles. The lowest BCUT2D eigenvalue weighted by atomic mass is 9.82. The SMILES string of the molecule is CC(C)C1CC(=O)N(Cc2ccccc2)C(c2nc3cc(Cl)ccc3c(=O)n2Cc2ccccc2)C1. The first-order valence-electron chi connectivity index (χ1n) is 12.5. The molecule has 184 valence electrons. The zero-order valence-corrected chi connectivity index (χ0v) is 21.4. The van der Waals surface area contributed by atoms with Gasteiger partial charge in [0.25, 0.3) is 5.56 Å². The summed E-state index contributed by atoms with van der Waals surface area (Å²) in [4.78, 5) is 34.3. The average molecular weight is 500 g/mol. The first-order valence-corrected chi connectivity index (χ1v) is 12.9. The number of rotatable bonds is 6. The van der Waals surface area contributed by atoms with Crippen LogP contribution in [0.2, 0.25) is 5.02 Å². The lowest BCUT2D eigenvalue weighted by Crippen LogP contribution is -2.44. The van der Waals surface area contributed by atoms with Crippen molar-refractivity contribution in [2.45, 2.75) is 45.8 Å². The van der Waals surface area contributed by atoms with Crippen LogP contribution in [0, 0.1) is 11.8 Å². The Balaban J connectivity index is 1.69. The van der Waals surface area contributed by atoms with E-state index in [0.717, 1.165) is 17.5 Å². The summed E-state index contributed by atoms with van der Waals surface area (Å²) in [5, 5.41) is 1.05. The molecule has 1 fully saturated rings. The summed E-state index contributed by atoms with van der Waals surface area (Å²) in [5.41, 5.74) is 2.51. The van der Waals surface area contributed by atoms with Gasteiger partial charge in [-0.05, 0) is 47.6 Å². The second-order valence-corrected chi connectivity index (χ2v) is 10.4. The van der Waals surface area contributed by atoms with Crippen molar-refractivity contribution in [3.63, 3.8) is 0 Å². The summed E-state index contributed by atoms with van der Waals surface area (Å²) in [6, 6.07) is 24.8. The third-order valence-electron chi connectivity index (χ3n) is 7.23. The number of piperidine rings is 1. The monoisotopic (exact) mass is 499 g/mol. The van der Waals surface area contributed by atoms with E-state index in [9.17, 15) is 9.59 Å². The van der Waals surface area contributed by atoms with Crippen molar-refractivity contribution >= 4 is 28.4 Å². The maximum Gasteiger partial charge on any atom is 0.261 e. The fraction of sp³-hybridized carbons (Fsp3) is 0.300. The van der Waals surface area contributed by atoms with Crippen molar-refractivity contribution < 1.29 is 4.79 Å². The molecule has 5 nitrogen and oxygen atoms in total. The van der Waals surface area contributed by atoms with Gasteiger partial charge in [0, 0.05) is 18.0 Å². The highest BCUT2D eigenvalue weighted by Crippen LogP contribution is 2.38. The molecule has 2 unspecified atom stereocenters. The number of benzene rings is 3. The number of hydrogen-bond acceptors (Lipinski definition) is 3. The fourth-order valence-electron chi connectivity index (χ4n) is 5.13. The summed E-state index contributed by atoms with van der Waals surface area (Å²) in [6.45, 7) is 5.18. The van der Waals surface area contributed by atoms with Gasteiger partial charge in [-0.15, -0.1) is 0 Å². The Morgan fingerprint density at radius 1 is 0.917 bits per heavy atom. The molecular formula is C30H30ClN3O2. The molecule has 0 aliphatic carbocycles. The molecule has 1 aromatic heterocycles. The Hall–Kier alpha value is -3.44. The molecule has 0 spiro atoms. The van der Waals surface area contributed by atoms with Crippen molar-refractivity contribution in [2.24, 2.45) is 11.8 Å². The minimum Gasteiger partial charge on any atom is -0.328 e. The molecule has 0 radical (unpaired) electrons. The van der Waals surface area contributed by atoms with Gasteiger partial charge in [0.2, 0.25) is 5.91 Å². The van der Waals surface area contributed by atoms with Crippen molar-refractivity contribution in [3.8, 4) is 0 Å². The molecular weight excluding hydrogens is 470 g/mol. The minimum atomic E-state index is -0.321. The number of carbonyl (C=O) groups excluding carboxylic acids is 1. The molecule has 0 saturated carbocycles. The molecule has 0 N–H and O–H groups in total. The molecule has 3 aromatic carbocycles. The average Bonchev–Trinajstić information content (AvgIpc) is 2.87. The van der Waals surface area contributed by atoms with Crippen molar-refractivity contribution in [1.82, 2.24) is 14.5 Å². The summed E-state index contributed by atoms with van der Waals surface area (Å²) in [6.07, 6.45) is 1.26. The van der Waals surface area contributed by atoms with E-state index in [2.05, 4.69) is 13.8 Å². The van der Waals surface area contributed by atoms with Crippen LogP contribution < -0.4 is 5.56 Å². The van der Waals surface area contributed by atoms with E-state index >= 15 is 0 Å². The standard InChI is InChI=1S/C30H30ClN3O2/c1-20(2)23-15-27(33(28(35)16-23)18-21-9-5-3-6-10-21)29-32-26-17-24(31)13-14-25(26)30(36)34(29)19-22-11-7-4-8-12-22/h3-14,17,20,23,27H,15-16,18-19H2,1-2H3. The van der Waals surface area contributed by atoms with Gasteiger partial charge in [-0.1, -0.05) is 86.1 Å². The number of hydrogen-bond donors (Lipinski definition) is 0. The molecule has 1 aliphatic rings. The number of nitrogens with zero attached hydrogens (tertiary/aromatic N) is 3. The molecule has 4 aromatic rings. The van der Waals surface area contributed by atoms with Crippen molar-refractivity contribution in [3.05, 3.63) is 111 Å². The maximum absolute atomic E-state index is 13.8. The Kier molecular flexibility index (Phi) is 6.92. The number of amides is 1. The Morgan fingerprint density at radius 2 is 1.56 bits per heavy atom. The van der Waals surface area contributed by atoms with Gasteiger partial charge in [0.05, 0.1) is 23.5 Å². The predicted molar refractivity (Wildman–Crippen MR) is 144 cm³/mol. The highest BCUT2D eigenvalue weighted by molar-refractivity contribution is 6.31. The summed E-state index contributed by atoms with van der Waals surface area (Å²) >= 11 is 6.29. The first kappa shape index (κ1) is 24.3. The highest BCUT2D eigenvalue weighted by atomic mass is 35.5. The summed E-state index contributed by atoms with van der Waals surface area (Å²) < 4.78 is 1.75. The molecule has 1 amide bonds. The van der Waals surface area contributed by atoms with Gasteiger partial charge < -0.3 is 4.90 Å². The molecule has 0 bridgehead atoms. The Bertz CT molecular complexity index is 1430. The summed E-state index contributed by atoms with van der Waals surface area (Å²) in [7, 11) is 0. The lowest BCUT2D eigenvalue weighted by molar-refractivity contribution is -0.140. The molecule has 1 aliphatic heterocycles. The van der Waals surface area contributed by atoms with E-state index in [4.69, 9.17) is 16.6 Å². The van der Waals surface area contributed by atoms with Crippen LogP contribution in [-0.4, -0.2) is 20.4 Å². The largest absolute Gasteiger partial charge is 0.328 e. The van der Waals surface area contributed by atoms with E-state index in [1.165, 1.54) is 0 Å². The highest BCUT2D eigenvalue weighted by Gasteiger charge is 2.38. The van der Waals surface area contributed by atoms with Crippen LogP contribution in [0.3, 0.4) is 0 Å². The molecule has 2 atom stereocenters. The van der Waals surface area contributed by atoms with Crippen molar-refractivity contribution in [1.29, 1.82) is 0 Å². The molecule has 6 heteroatoms. The van der Waals surface area contributed by atoms with Gasteiger partial charge in [0.15, 0.2) is 0 Å². The third-order valence-corrected chi connectivity index (χ3v) is 7.46. The van der Waals surface area contributed by atoms with Gasteiger partial charge >= 0.3 is 0 Å². The van der Waals surface area contributed by atoms with Crippen LogP contribution in [0.15, 0.2) is 83.7 Å². The lowest BCUT2D eigenvalue weighted by Gasteiger charge is -2.41. The van der Waals surface area contributed by atoms with Gasteiger partial charge in [-0.2, -0.15) is 0 Å². The zero-order valence-electron chi connectivity index (χ0n) is 20.6. The molecule has 2 heterocycles. The second-order valence-electron chi connectivity index (χ2n) is 9.98. The van der Waals surface area contributed by atoms with E-state index < -0.39 is 0 Å². The van der Waals surface area contributed by atoms with Crippen LogP contribution in [0.1, 0.15) is 49.7 Å². The number of halogens is 1. The van der Waals surface area contributed by atoms with Gasteiger partial charge in [0.1, 0.15) is 5.82 Å². The topological polar surface area (TPSA) is 55.2 Å². The predicted octanol–water partition coefficient (Wildman–Crippen LogP) is 6.23.